The maximum atomic E-state index is 11.2. The first kappa shape index (κ1) is 12.2. The molecule has 0 saturated heterocycles. The van der Waals surface area contributed by atoms with Gasteiger partial charge in [0.15, 0.2) is 0 Å². The Hall–Kier alpha value is -2.30. The lowest BCUT2D eigenvalue weighted by Crippen LogP contribution is -2.23. The molecule has 0 fully saturated rings. The molecule has 1 heterocycles. The molecule has 5 nitrogen and oxygen atoms in total. The first-order chi connectivity index (χ1) is 8.78. The Kier molecular flexibility index (Phi) is 3.96. The van der Waals surface area contributed by atoms with Crippen molar-refractivity contribution in [3.63, 3.8) is 0 Å². The predicted octanol–water partition coefficient (Wildman–Crippen LogP) is 1.24. The summed E-state index contributed by atoms with van der Waals surface area (Å²) in [6.07, 6.45) is 3.53. The van der Waals surface area contributed by atoms with Gasteiger partial charge in [0.25, 0.3) is 0 Å². The van der Waals surface area contributed by atoms with E-state index in [0.717, 1.165) is 12.2 Å². The summed E-state index contributed by atoms with van der Waals surface area (Å²) in [7, 11) is 1.61. The molecule has 94 valence electrons. The van der Waals surface area contributed by atoms with Crippen molar-refractivity contribution in [2.24, 2.45) is 0 Å². The number of hydrogen-bond donors (Lipinski definition) is 2. The number of carbonyl (C=O) groups is 1. The number of aromatic nitrogens is 2. The van der Waals surface area contributed by atoms with Crippen molar-refractivity contribution in [1.29, 1.82) is 0 Å². The second-order valence-corrected chi connectivity index (χ2v) is 3.94. The molecule has 0 aliphatic heterocycles. The van der Waals surface area contributed by atoms with Crippen LogP contribution in [0.4, 0.5) is 5.69 Å². The number of likely N-dealkylation sites (N-methyl/N-ethyl adjacent to an activating group) is 1. The molecule has 0 aliphatic rings. The van der Waals surface area contributed by atoms with Crippen LogP contribution in [0.1, 0.15) is 5.56 Å². The van der Waals surface area contributed by atoms with Crippen LogP contribution in [-0.4, -0.2) is 22.7 Å². The van der Waals surface area contributed by atoms with E-state index in [9.17, 15) is 4.79 Å². The molecular formula is C13H16N4O. The molecule has 1 aromatic heterocycles. The maximum Gasteiger partial charge on any atom is 0.241 e. The number of hydrogen-bond acceptors (Lipinski definition) is 3. The van der Waals surface area contributed by atoms with Crippen LogP contribution in [0.2, 0.25) is 0 Å². The molecule has 0 unspecified atom stereocenters. The van der Waals surface area contributed by atoms with Gasteiger partial charge in [-0.2, -0.15) is 5.10 Å². The van der Waals surface area contributed by atoms with E-state index in [2.05, 4.69) is 27.9 Å². The Morgan fingerprint density at radius 1 is 1.33 bits per heavy atom. The zero-order valence-corrected chi connectivity index (χ0v) is 10.3. The molecule has 18 heavy (non-hydrogen) atoms. The van der Waals surface area contributed by atoms with Gasteiger partial charge in [-0.25, -0.2) is 0 Å². The summed E-state index contributed by atoms with van der Waals surface area (Å²) in [6.45, 7) is 0.982. The summed E-state index contributed by atoms with van der Waals surface area (Å²) in [6, 6.07) is 10.1. The van der Waals surface area contributed by atoms with E-state index in [0.29, 0.717) is 0 Å². The number of benzene rings is 1. The number of amides is 1. The molecule has 2 aromatic rings. The van der Waals surface area contributed by atoms with Gasteiger partial charge < -0.3 is 10.6 Å². The first-order valence-corrected chi connectivity index (χ1v) is 5.79. The lowest BCUT2D eigenvalue weighted by atomic mass is 10.2. The third-order valence-corrected chi connectivity index (χ3v) is 2.56. The lowest BCUT2D eigenvalue weighted by molar-refractivity contribution is -0.121. The van der Waals surface area contributed by atoms with Crippen LogP contribution in [0.5, 0.6) is 0 Å². The zero-order chi connectivity index (χ0) is 12.8. The van der Waals surface area contributed by atoms with E-state index in [1.165, 1.54) is 5.56 Å². The van der Waals surface area contributed by atoms with Crippen molar-refractivity contribution in [3.05, 3.63) is 48.3 Å². The summed E-state index contributed by atoms with van der Waals surface area (Å²) in [5.74, 6) is -0.0623. The van der Waals surface area contributed by atoms with Crippen LogP contribution in [0, 0.1) is 0 Å². The Morgan fingerprint density at radius 3 is 2.83 bits per heavy atom. The minimum atomic E-state index is -0.0623. The van der Waals surface area contributed by atoms with E-state index in [1.807, 2.05) is 24.4 Å². The maximum absolute atomic E-state index is 11.2. The largest absolute Gasteiger partial charge is 0.378 e. The van der Waals surface area contributed by atoms with Gasteiger partial charge in [-0.05, 0) is 5.56 Å². The van der Waals surface area contributed by atoms with E-state index >= 15 is 0 Å². The summed E-state index contributed by atoms with van der Waals surface area (Å²) in [5, 5.41) is 9.93. The first-order valence-electron chi connectivity index (χ1n) is 5.79. The van der Waals surface area contributed by atoms with E-state index in [-0.39, 0.29) is 12.5 Å². The quantitative estimate of drug-likeness (QED) is 0.832. The topological polar surface area (TPSA) is 59.0 Å². The zero-order valence-electron chi connectivity index (χ0n) is 10.3. The number of nitrogens with one attached hydrogen (secondary N) is 2. The predicted molar refractivity (Wildman–Crippen MR) is 70.1 cm³/mol. The summed E-state index contributed by atoms with van der Waals surface area (Å²) in [5.41, 5.74) is 2.11. The Bertz CT molecular complexity index is 507. The molecule has 0 atom stereocenters. The van der Waals surface area contributed by atoms with Crippen LogP contribution >= 0.6 is 0 Å². The smallest absolute Gasteiger partial charge is 0.241 e. The van der Waals surface area contributed by atoms with Gasteiger partial charge in [0.1, 0.15) is 6.54 Å². The fourth-order valence-corrected chi connectivity index (χ4v) is 1.57. The van der Waals surface area contributed by atoms with Crippen LogP contribution in [0.3, 0.4) is 0 Å². The Balaban J connectivity index is 1.89. The molecule has 0 spiro atoms. The fourth-order valence-electron chi connectivity index (χ4n) is 1.57. The van der Waals surface area contributed by atoms with Crippen LogP contribution in [0.15, 0.2) is 42.7 Å². The molecular weight excluding hydrogens is 228 g/mol. The van der Waals surface area contributed by atoms with Gasteiger partial charge >= 0.3 is 0 Å². The normalized spacial score (nSPS) is 10.1. The standard InChI is InChI=1S/C13H16N4O/c1-14-13(18)10-17-9-12(8-16-17)15-7-11-5-3-2-4-6-11/h2-6,8-9,15H,7,10H2,1H3,(H,14,18). The highest BCUT2D eigenvalue weighted by atomic mass is 16.1. The van der Waals surface area contributed by atoms with Gasteiger partial charge in [-0.15, -0.1) is 0 Å². The number of anilines is 1. The summed E-state index contributed by atoms with van der Waals surface area (Å²) in [4.78, 5) is 11.2. The third-order valence-electron chi connectivity index (χ3n) is 2.56. The van der Waals surface area contributed by atoms with Crippen molar-refractivity contribution in [3.8, 4) is 0 Å². The molecule has 0 radical (unpaired) electrons. The van der Waals surface area contributed by atoms with Crippen LogP contribution in [-0.2, 0) is 17.9 Å². The number of carbonyl (C=O) groups excluding carboxylic acids is 1. The average molecular weight is 244 g/mol. The highest BCUT2D eigenvalue weighted by Crippen LogP contribution is 2.07. The minimum Gasteiger partial charge on any atom is -0.378 e. The van der Waals surface area contributed by atoms with Gasteiger partial charge in [0.05, 0.1) is 11.9 Å². The highest BCUT2D eigenvalue weighted by Gasteiger charge is 2.02. The average Bonchev–Trinajstić information content (AvgIpc) is 2.85. The molecule has 2 rings (SSSR count). The lowest BCUT2D eigenvalue weighted by Gasteiger charge is -2.03. The number of rotatable bonds is 5. The molecule has 0 bridgehead atoms. The van der Waals surface area contributed by atoms with E-state index in [1.54, 1.807) is 17.9 Å². The molecule has 0 aliphatic carbocycles. The van der Waals surface area contributed by atoms with Gasteiger partial charge in [0, 0.05) is 19.8 Å². The van der Waals surface area contributed by atoms with Crippen molar-refractivity contribution in [2.75, 3.05) is 12.4 Å². The Morgan fingerprint density at radius 2 is 2.11 bits per heavy atom. The molecule has 2 N–H and O–H groups in total. The second kappa shape index (κ2) is 5.86. The van der Waals surface area contributed by atoms with Crippen molar-refractivity contribution < 1.29 is 4.79 Å². The minimum absolute atomic E-state index is 0.0623. The second-order valence-electron chi connectivity index (χ2n) is 3.94. The highest BCUT2D eigenvalue weighted by molar-refractivity contribution is 5.75. The molecule has 1 amide bonds. The van der Waals surface area contributed by atoms with Crippen molar-refractivity contribution in [2.45, 2.75) is 13.1 Å². The molecule has 5 heteroatoms. The van der Waals surface area contributed by atoms with E-state index in [4.69, 9.17) is 0 Å². The van der Waals surface area contributed by atoms with Gasteiger partial charge in [-0.1, -0.05) is 30.3 Å². The SMILES string of the molecule is CNC(=O)Cn1cc(NCc2ccccc2)cn1. The van der Waals surface area contributed by atoms with Crippen LogP contribution in [0.25, 0.3) is 0 Å². The van der Waals surface area contributed by atoms with E-state index < -0.39 is 0 Å². The van der Waals surface area contributed by atoms with Gasteiger partial charge in [-0.3, -0.25) is 9.48 Å². The fraction of sp³-hybridized carbons (Fsp3) is 0.231. The monoisotopic (exact) mass is 244 g/mol. The summed E-state index contributed by atoms with van der Waals surface area (Å²) >= 11 is 0. The number of nitrogens with zero attached hydrogens (tertiary/aromatic N) is 2. The van der Waals surface area contributed by atoms with Crippen molar-refractivity contribution >= 4 is 11.6 Å². The van der Waals surface area contributed by atoms with Crippen molar-refractivity contribution in [1.82, 2.24) is 15.1 Å². The Labute approximate surface area is 106 Å². The molecule has 1 aromatic carbocycles. The van der Waals surface area contributed by atoms with Gasteiger partial charge in [0.2, 0.25) is 5.91 Å². The third kappa shape index (κ3) is 3.35. The van der Waals surface area contributed by atoms with Crippen LogP contribution < -0.4 is 10.6 Å². The molecule has 0 saturated carbocycles. The summed E-state index contributed by atoms with van der Waals surface area (Å²) < 4.78 is 1.60.